The Morgan fingerprint density at radius 2 is 1.86 bits per heavy atom. The average molecular weight is 480 g/mol. The summed E-state index contributed by atoms with van der Waals surface area (Å²) in [6.45, 7) is 6.12. The van der Waals surface area contributed by atoms with E-state index < -0.39 is 0 Å². The van der Waals surface area contributed by atoms with Gasteiger partial charge < -0.3 is 14.6 Å². The molecule has 3 aromatic rings. The quantitative estimate of drug-likeness (QED) is 0.507. The van der Waals surface area contributed by atoms with Gasteiger partial charge >= 0.3 is 0 Å². The second-order valence-corrected chi connectivity index (χ2v) is 8.61. The minimum absolute atomic E-state index is 0.00233. The second-order valence-electron chi connectivity index (χ2n) is 8.61. The highest BCUT2D eigenvalue weighted by atomic mass is 19.1. The summed E-state index contributed by atoms with van der Waals surface area (Å²) in [5.74, 6) is 0.828. The van der Waals surface area contributed by atoms with Gasteiger partial charge in [-0.3, -0.25) is 14.5 Å². The first-order valence-corrected chi connectivity index (χ1v) is 12.0. The number of nitrogens with one attached hydrogen (secondary N) is 1. The minimum Gasteiger partial charge on any atom is -0.494 e. The van der Waals surface area contributed by atoms with Gasteiger partial charge in [-0.15, -0.1) is 10.2 Å². The summed E-state index contributed by atoms with van der Waals surface area (Å²) in [5.41, 5.74) is 1.67. The van der Waals surface area contributed by atoms with Crippen LogP contribution in [0.4, 0.5) is 4.39 Å². The number of aromatic amines is 1. The molecule has 1 saturated heterocycles. The fourth-order valence-corrected chi connectivity index (χ4v) is 3.99. The van der Waals surface area contributed by atoms with Crippen molar-refractivity contribution in [3.63, 3.8) is 0 Å². The summed E-state index contributed by atoms with van der Waals surface area (Å²) in [6, 6.07) is 13.8. The van der Waals surface area contributed by atoms with Crippen LogP contribution in [0.15, 0.2) is 53.3 Å². The van der Waals surface area contributed by atoms with Gasteiger partial charge in [0.15, 0.2) is 5.82 Å². The Balaban J connectivity index is 1.27. The van der Waals surface area contributed by atoms with Crippen molar-refractivity contribution < 1.29 is 13.9 Å². The van der Waals surface area contributed by atoms with Crippen LogP contribution in [0.1, 0.15) is 31.0 Å². The molecule has 1 N–H and O–H groups in total. The highest BCUT2D eigenvalue weighted by molar-refractivity contribution is 5.76. The summed E-state index contributed by atoms with van der Waals surface area (Å²) in [5, 5.41) is 8.25. The number of benzene rings is 2. The lowest BCUT2D eigenvalue weighted by molar-refractivity contribution is -0.133. The average Bonchev–Trinajstić information content (AvgIpc) is 2.88. The van der Waals surface area contributed by atoms with E-state index in [1.54, 1.807) is 12.1 Å². The van der Waals surface area contributed by atoms with Gasteiger partial charge in [-0.1, -0.05) is 31.2 Å². The van der Waals surface area contributed by atoms with Gasteiger partial charge in [0, 0.05) is 51.1 Å². The van der Waals surface area contributed by atoms with Crippen molar-refractivity contribution in [3.05, 3.63) is 76.0 Å². The first-order chi connectivity index (χ1) is 17.0. The van der Waals surface area contributed by atoms with Gasteiger partial charge in [0.05, 0.1) is 6.61 Å². The molecule has 184 valence electrons. The third kappa shape index (κ3) is 6.73. The molecule has 4 rings (SSSR count). The lowest BCUT2D eigenvalue weighted by Crippen LogP contribution is -2.48. The molecule has 0 bridgehead atoms. The van der Waals surface area contributed by atoms with Gasteiger partial charge in [-0.2, -0.15) is 0 Å². The Kier molecular flexibility index (Phi) is 8.20. The number of H-pyrrole nitrogens is 1. The zero-order valence-electron chi connectivity index (χ0n) is 19.9. The molecule has 1 fully saturated rings. The molecule has 35 heavy (non-hydrogen) atoms. The van der Waals surface area contributed by atoms with Crippen molar-refractivity contribution in [3.8, 4) is 17.1 Å². The number of nitrogens with zero attached hydrogens (tertiary/aromatic N) is 4. The molecular formula is C26H30FN5O3. The van der Waals surface area contributed by atoms with Crippen LogP contribution in [0.25, 0.3) is 11.4 Å². The molecule has 1 aliphatic heterocycles. The second kappa shape index (κ2) is 11.7. The number of carbonyl (C=O) groups excluding carboxylic acids is 1. The first kappa shape index (κ1) is 24.5. The molecule has 1 amide bonds. The number of rotatable bonds is 9. The monoisotopic (exact) mass is 479 g/mol. The van der Waals surface area contributed by atoms with E-state index in [4.69, 9.17) is 4.74 Å². The highest BCUT2D eigenvalue weighted by Gasteiger charge is 2.21. The number of aryl methyl sites for hydroxylation is 1. The number of hydrogen-bond acceptors (Lipinski definition) is 6. The maximum Gasteiger partial charge on any atom is 0.273 e. The van der Waals surface area contributed by atoms with Crippen LogP contribution in [0, 0.1) is 5.82 Å². The number of halogens is 1. The predicted octanol–water partition coefficient (Wildman–Crippen LogP) is 3.04. The largest absolute Gasteiger partial charge is 0.494 e. The molecule has 0 unspecified atom stereocenters. The Bertz CT molecular complexity index is 1190. The summed E-state index contributed by atoms with van der Waals surface area (Å²) in [4.78, 5) is 32.1. The Morgan fingerprint density at radius 3 is 2.57 bits per heavy atom. The zero-order valence-corrected chi connectivity index (χ0v) is 19.9. The zero-order chi connectivity index (χ0) is 24.6. The van der Waals surface area contributed by atoms with Crippen LogP contribution in [0.2, 0.25) is 0 Å². The SMILES string of the molecule is CCCOc1cccc(-c2nnc(CCC(=O)N3CCN(Cc4ccc(F)cc4)CC3)c(=O)[nH]2)c1. The molecule has 2 heterocycles. The number of aromatic nitrogens is 3. The van der Waals surface area contributed by atoms with Crippen molar-refractivity contribution in [1.29, 1.82) is 0 Å². The van der Waals surface area contributed by atoms with Crippen molar-refractivity contribution >= 4 is 5.91 Å². The molecule has 0 radical (unpaired) electrons. The van der Waals surface area contributed by atoms with Crippen LogP contribution >= 0.6 is 0 Å². The first-order valence-electron chi connectivity index (χ1n) is 12.0. The van der Waals surface area contributed by atoms with Crippen molar-refractivity contribution in [2.75, 3.05) is 32.8 Å². The molecule has 8 nitrogen and oxygen atoms in total. The Labute approximate surface area is 203 Å². The van der Waals surface area contributed by atoms with Crippen molar-refractivity contribution in [1.82, 2.24) is 25.0 Å². The van der Waals surface area contributed by atoms with E-state index in [-0.39, 0.29) is 35.8 Å². The van der Waals surface area contributed by atoms with Crippen LogP contribution < -0.4 is 10.3 Å². The molecule has 0 aliphatic carbocycles. The van der Waals surface area contributed by atoms with Crippen LogP contribution in [0.3, 0.4) is 0 Å². The smallest absolute Gasteiger partial charge is 0.273 e. The van der Waals surface area contributed by atoms with E-state index in [0.29, 0.717) is 36.8 Å². The third-order valence-corrected chi connectivity index (χ3v) is 5.97. The summed E-state index contributed by atoms with van der Waals surface area (Å²) >= 11 is 0. The molecule has 1 aliphatic rings. The Hall–Kier alpha value is -3.59. The van der Waals surface area contributed by atoms with E-state index >= 15 is 0 Å². The predicted molar refractivity (Wildman–Crippen MR) is 130 cm³/mol. The maximum atomic E-state index is 13.1. The minimum atomic E-state index is -0.341. The fourth-order valence-electron chi connectivity index (χ4n) is 3.99. The van der Waals surface area contributed by atoms with E-state index in [0.717, 1.165) is 31.6 Å². The van der Waals surface area contributed by atoms with Crippen molar-refractivity contribution in [2.45, 2.75) is 32.7 Å². The fraction of sp³-hybridized carbons (Fsp3) is 0.385. The van der Waals surface area contributed by atoms with Gasteiger partial charge in [-0.05, 0) is 36.2 Å². The van der Waals surface area contributed by atoms with Gasteiger partial charge in [0.1, 0.15) is 17.3 Å². The molecule has 1 aromatic heterocycles. The normalized spacial score (nSPS) is 14.2. The summed E-state index contributed by atoms with van der Waals surface area (Å²) in [6.07, 6.45) is 1.34. The summed E-state index contributed by atoms with van der Waals surface area (Å²) < 4.78 is 18.7. The number of ether oxygens (including phenoxy) is 1. The van der Waals surface area contributed by atoms with E-state index in [2.05, 4.69) is 20.1 Å². The van der Waals surface area contributed by atoms with Crippen LogP contribution in [-0.4, -0.2) is 63.7 Å². The molecule has 0 atom stereocenters. The third-order valence-electron chi connectivity index (χ3n) is 5.97. The molecule has 0 spiro atoms. The van der Waals surface area contributed by atoms with E-state index in [1.165, 1.54) is 12.1 Å². The number of amides is 1. The van der Waals surface area contributed by atoms with Gasteiger partial charge in [0.2, 0.25) is 5.91 Å². The van der Waals surface area contributed by atoms with Crippen LogP contribution in [-0.2, 0) is 17.8 Å². The molecular weight excluding hydrogens is 449 g/mol. The Morgan fingerprint density at radius 1 is 1.09 bits per heavy atom. The topological polar surface area (TPSA) is 91.4 Å². The number of hydrogen-bond donors (Lipinski definition) is 1. The van der Waals surface area contributed by atoms with Gasteiger partial charge in [-0.25, -0.2) is 4.39 Å². The van der Waals surface area contributed by atoms with E-state index in [1.807, 2.05) is 36.1 Å². The molecule has 0 saturated carbocycles. The van der Waals surface area contributed by atoms with E-state index in [9.17, 15) is 14.0 Å². The maximum absolute atomic E-state index is 13.1. The lowest BCUT2D eigenvalue weighted by atomic mass is 10.1. The van der Waals surface area contributed by atoms with Crippen molar-refractivity contribution in [2.24, 2.45) is 0 Å². The number of carbonyl (C=O) groups is 1. The molecule has 2 aromatic carbocycles. The van der Waals surface area contributed by atoms with Gasteiger partial charge in [0.25, 0.3) is 5.56 Å². The number of piperazine rings is 1. The highest BCUT2D eigenvalue weighted by Crippen LogP contribution is 2.20. The molecule has 9 heteroatoms. The standard InChI is InChI=1S/C26H30FN5O3/c1-2-16-35-22-5-3-4-20(17-22)25-28-26(34)23(29-30-25)10-11-24(33)32-14-12-31(13-15-32)18-19-6-8-21(27)9-7-19/h3-9,17H,2,10-16,18H2,1H3,(H,28,30,34). The summed E-state index contributed by atoms with van der Waals surface area (Å²) in [7, 11) is 0. The lowest BCUT2D eigenvalue weighted by Gasteiger charge is -2.34. The van der Waals surface area contributed by atoms with Crippen LogP contribution in [0.5, 0.6) is 5.75 Å².